The SMILES string of the molecule is [B][C@@H]1O[C@@]2(COC)CCO[C@H]1C2OP(C)(C)=O. The van der Waals surface area contributed by atoms with E-state index in [4.69, 9.17) is 26.6 Å². The van der Waals surface area contributed by atoms with Crippen LogP contribution in [0.3, 0.4) is 0 Å². The maximum Gasteiger partial charge on any atom is 0.197 e. The molecule has 4 atom stereocenters. The molecule has 0 saturated carbocycles. The number of hydrogen-bond donors (Lipinski definition) is 0. The molecule has 2 aliphatic rings. The standard InChI is InChI=1S/C10H18BO5P/c1-13-6-10-4-5-14-7(9(11)15-10)8(10)16-17(2,3)12/h7-9H,4-6H2,1-3H3/t7-,8?,9+,10+/m0/s1. The van der Waals surface area contributed by atoms with Crippen molar-refractivity contribution in [2.24, 2.45) is 0 Å². The highest BCUT2D eigenvalue weighted by Crippen LogP contribution is 2.49. The molecule has 7 heteroatoms. The fourth-order valence-electron chi connectivity index (χ4n) is 2.49. The molecule has 0 aromatic carbocycles. The van der Waals surface area contributed by atoms with Gasteiger partial charge >= 0.3 is 0 Å². The quantitative estimate of drug-likeness (QED) is 0.547. The van der Waals surface area contributed by atoms with Gasteiger partial charge in [0.15, 0.2) is 7.37 Å². The Labute approximate surface area is 103 Å². The third-order valence-electron chi connectivity index (χ3n) is 3.10. The fourth-order valence-corrected chi connectivity index (χ4v) is 3.35. The molecule has 5 nitrogen and oxygen atoms in total. The van der Waals surface area contributed by atoms with Crippen molar-refractivity contribution in [1.29, 1.82) is 0 Å². The molecular formula is C10H18BO5P. The molecular weight excluding hydrogens is 242 g/mol. The number of hydrogen-bond acceptors (Lipinski definition) is 5. The molecule has 2 saturated heterocycles. The smallest absolute Gasteiger partial charge is 0.197 e. The maximum absolute atomic E-state index is 11.8. The Balaban J connectivity index is 2.24. The third-order valence-corrected chi connectivity index (χ3v) is 3.84. The van der Waals surface area contributed by atoms with Gasteiger partial charge in [0.2, 0.25) is 0 Å². The maximum atomic E-state index is 11.8. The monoisotopic (exact) mass is 260 g/mol. The van der Waals surface area contributed by atoms with Gasteiger partial charge in [0.25, 0.3) is 0 Å². The van der Waals surface area contributed by atoms with Crippen LogP contribution in [0.15, 0.2) is 0 Å². The Bertz CT molecular complexity index is 329. The van der Waals surface area contributed by atoms with E-state index in [0.717, 1.165) is 0 Å². The summed E-state index contributed by atoms with van der Waals surface area (Å²) in [6, 6.07) is -0.552. The molecule has 0 spiro atoms. The molecule has 2 bridgehead atoms. The summed E-state index contributed by atoms with van der Waals surface area (Å²) in [4.78, 5) is 0. The first-order valence-electron chi connectivity index (χ1n) is 5.65. The van der Waals surface area contributed by atoms with Gasteiger partial charge in [-0.15, -0.1) is 0 Å². The number of ether oxygens (including phenoxy) is 3. The highest BCUT2D eigenvalue weighted by atomic mass is 31.2. The lowest BCUT2D eigenvalue weighted by molar-refractivity contribution is -0.133. The molecule has 2 aliphatic heterocycles. The lowest BCUT2D eigenvalue weighted by Gasteiger charge is -2.39. The Morgan fingerprint density at radius 2 is 2.24 bits per heavy atom. The second-order valence-corrected chi connectivity index (χ2v) is 7.66. The lowest BCUT2D eigenvalue weighted by Crippen LogP contribution is -2.52. The van der Waals surface area contributed by atoms with Crippen LogP contribution in [0.25, 0.3) is 0 Å². The van der Waals surface area contributed by atoms with Crippen LogP contribution in [0, 0.1) is 0 Å². The van der Waals surface area contributed by atoms with E-state index in [1.807, 2.05) is 0 Å². The van der Waals surface area contributed by atoms with Crippen molar-refractivity contribution in [3.05, 3.63) is 0 Å². The molecule has 17 heavy (non-hydrogen) atoms. The normalized spacial score (nSPS) is 41.7. The molecule has 2 fully saturated rings. The van der Waals surface area contributed by atoms with E-state index in [9.17, 15) is 4.57 Å². The van der Waals surface area contributed by atoms with Crippen LogP contribution >= 0.6 is 7.37 Å². The largest absolute Gasteiger partial charge is 0.382 e. The minimum atomic E-state index is -2.63. The topological polar surface area (TPSA) is 54.0 Å². The van der Waals surface area contributed by atoms with E-state index < -0.39 is 25.1 Å². The summed E-state index contributed by atoms with van der Waals surface area (Å²) in [5, 5.41) is 0. The second kappa shape index (κ2) is 4.67. The van der Waals surface area contributed by atoms with Gasteiger partial charge < -0.3 is 18.7 Å². The number of methoxy groups -OCH3 is 1. The number of fused-ring (bicyclic) bond motifs is 2. The second-order valence-electron chi connectivity index (χ2n) is 4.94. The van der Waals surface area contributed by atoms with Crippen LogP contribution in [0.1, 0.15) is 6.42 Å². The van der Waals surface area contributed by atoms with Crippen molar-refractivity contribution in [2.45, 2.75) is 30.2 Å². The van der Waals surface area contributed by atoms with Crippen LogP contribution < -0.4 is 0 Å². The van der Waals surface area contributed by atoms with Gasteiger partial charge in [-0.3, -0.25) is 4.57 Å². The van der Waals surface area contributed by atoms with Crippen LogP contribution in [-0.4, -0.2) is 65.3 Å². The predicted octanol–water partition coefficient (Wildman–Crippen LogP) is 0.608. The summed E-state index contributed by atoms with van der Waals surface area (Å²) in [7, 11) is 4.84. The third kappa shape index (κ3) is 2.61. The molecule has 0 aliphatic carbocycles. The van der Waals surface area contributed by atoms with E-state index in [0.29, 0.717) is 19.6 Å². The van der Waals surface area contributed by atoms with E-state index in [2.05, 4.69) is 0 Å². The molecule has 2 heterocycles. The summed E-state index contributed by atoms with van der Waals surface area (Å²) in [6.07, 6.45) is -0.158. The highest BCUT2D eigenvalue weighted by molar-refractivity contribution is 7.57. The van der Waals surface area contributed by atoms with E-state index in [1.54, 1.807) is 20.4 Å². The van der Waals surface area contributed by atoms with Gasteiger partial charge in [-0.05, 0) is 0 Å². The van der Waals surface area contributed by atoms with Gasteiger partial charge in [-0.25, -0.2) is 0 Å². The predicted molar refractivity (Wildman–Crippen MR) is 63.9 cm³/mol. The Morgan fingerprint density at radius 3 is 2.82 bits per heavy atom. The average Bonchev–Trinajstić information content (AvgIpc) is 2.35. The van der Waals surface area contributed by atoms with Crippen molar-refractivity contribution in [1.82, 2.24) is 0 Å². The zero-order valence-electron chi connectivity index (χ0n) is 10.4. The summed E-state index contributed by atoms with van der Waals surface area (Å²) in [6.45, 7) is 4.07. The van der Waals surface area contributed by atoms with E-state index in [1.165, 1.54) is 0 Å². The molecule has 0 N–H and O–H groups in total. The van der Waals surface area contributed by atoms with Crippen molar-refractivity contribution in [3.8, 4) is 0 Å². The van der Waals surface area contributed by atoms with Crippen molar-refractivity contribution >= 4 is 15.2 Å². The lowest BCUT2D eigenvalue weighted by atomic mass is 9.86. The highest BCUT2D eigenvalue weighted by Gasteiger charge is 2.58. The van der Waals surface area contributed by atoms with Gasteiger partial charge in [-0.2, -0.15) is 0 Å². The summed E-state index contributed by atoms with van der Waals surface area (Å²) < 4.78 is 34.0. The summed E-state index contributed by atoms with van der Waals surface area (Å²) >= 11 is 0. The minimum Gasteiger partial charge on any atom is -0.382 e. The van der Waals surface area contributed by atoms with Crippen molar-refractivity contribution in [2.75, 3.05) is 33.7 Å². The minimum absolute atomic E-state index is 0.366. The van der Waals surface area contributed by atoms with Gasteiger partial charge in [0.05, 0.1) is 13.2 Å². The van der Waals surface area contributed by atoms with E-state index >= 15 is 0 Å². The van der Waals surface area contributed by atoms with Crippen LogP contribution in [0.2, 0.25) is 0 Å². The molecule has 2 rings (SSSR count). The first-order chi connectivity index (χ1) is 7.88. The van der Waals surface area contributed by atoms with Crippen LogP contribution in [0.5, 0.6) is 0 Å². The first-order valence-corrected chi connectivity index (χ1v) is 8.17. The molecule has 96 valence electrons. The van der Waals surface area contributed by atoms with Gasteiger partial charge in [-0.1, -0.05) is 0 Å². The summed E-state index contributed by atoms with van der Waals surface area (Å²) in [5.41, 5.74) is -0.626. The molecule has 2 radical (unpaired) electrons. The van der Waals surface area contributed by atoms with Gasteiger partial charge in [0.1, 0.15) is 25.7 Å². The van der Waals surface area contributed by atoms with Crippen molar-refractivity contribution in [3.63, 3.8) is 0 Å². The van der Waals surface area contributed by atoms with Crippen molar-refractivity contribution < 1.29 is 23.3 Å². The first kappa shape index (κ1) is 13.6. The zero-order valence-corrected chi connectivity index (χ0v) is 11.3. The Morgan fingerprint density at radius 1 is 1.53 bits per heavy atom. The fraction of sp³-hybridized carbons (Fsp3) is 1.00. The molecule has 0 amide bonds. The average molecular weight is 260 g/mol. The summed E-state index contributed by atoms with van der Waals surface area (Å²) in [5.74, 6) is 0. The van der Waals surface area contributed by atoms with E-state index in [-0.39, 0.29) is 6.10 Å². The zero-order chi connectivity index (χ0) is 12.7. The Kier molecular flexibility index (Phi) is 3.73. The molecule has 0 aromatic rings. The molecule has 1 unspecified atom stereocenters. The Hall–Kier alpha value is 0.135. The van der Waals surface area contributed by atoms with Crippen LogP contribution in [0.4, 0.5) is 0 Å². The van der Waals surface area contributed by atoms with Crippen LogP contribution in [-0.2, 0) is 23.3 Å². The molecule has 0 aromatic heterocycles. The number of rotatable bonds is 4. The van der Waals surface area contributed by atoms with Gasteiger partial charge in [0, 0.05) is 32.9 Å².